The molecule has 0 fully saturated rings. The minimum absolute atomic E-state index is 0.452. The van der Waals surface area contributed by atoms with E-state index >= 15 is 0 Å². The van der Waals surface area contributed by atoms with Gasteiger partial charge in [0.05, 0.1) is 28.0 Å². The molecule has 0 bridgehead atoms. The van der Waals surface area contributed by atoms with E-state index < -0.39 is 0 Å². The number of anilines is 2. The normalized spacial score (nSPS) is 10.1. The van der Waals surface area contributed by atoms with E-state index in [1.807, 2.05) is 24.4 Å². The summed E-state index contributed by atoms with van der Waals surface area (Å²) in [5, 5.41) is 5.42. The van der Waals surface area contributed by atoms with E-state index in [-0.39, 0.29) is 0 Å². The zero-order valence-electron chi connectivity index (χ0n) is 10.5. The van der Waals surface area contributed by atoms with E-state index in [9.17, 15) is 0 Å². The Kier molecular flexibility index (Phi) is 3.46. The van der Waals surface area contributed by atoms with Gasteiger partial charge in [0.2, 0.25) is 5.95 Å². The minimum atomic E-state index is 0.452. The second-order valence-corrected chi connectivity index (χ2v) is 5.04. The Labute approximate surface area is 124 Å². The van der Waals surface area contributed by atoms with Crippen LogP contribution in [0.2, 0.25) is 5.02 Å². The molecule has 0 spiro atoms. The first-order chi connectivity index (χ1) is 9.74. The van der Waals surface area contributed by atoms with E-state index in [2.05, 4.69) is 30.8 Å². The summed E-state index contributed by atoms with van der Waals surface area (Å²) in [5.74, 6) is 0.452. The summed E-state index contributed by atoms with van der Waals surface area (Å²) in [6, 6.07) is 3.76. The van der Waals surface area contributed by atoms with Gasteiger partial charge in [-0.25, -0.2) is 9.97 Å². The van der Waals surface area contributed by atoms with Crippen LogP contribution in [-0.4, -0.2) is 15.0 Å². The highest BCUT2D eigenvalue weighted by Gasteiger charge is 2.18. The highest BCUT2D eigenvalue weighted by molar-refractivity contribution is 7.06. The third kappa shape index (κ3) is 2.54. The number of aryl methyl sites for hydroxylation is 1. The summed E-state index contributed by atoms with van der Waals surface area (Å²) in [6.45, 7) is 1.91. The van der Waals surface area contributed by atoms with Gasteiger partial charge in [-0.05, 0) is 35.4 Å². The van der Waals surface area contributed by atoms with Crippen molar-refractivity contribution in [3.05, 3.63) is 46.1 Å². The molecule has 0 atom stereocenters. The van der Waals surface area contributed by atoms with E-state index in [1.54, 1.807) is 12.4 Å². The Morgan fingerprint density at radius 2 is 2.30 bits per heavy atom. The first kappa shape index (κ1) is 12.8. The number of nitrogens with one attached hydrogen (secondary N) is 1. The van der Waals surface area contributed by atoms with Gasteiger partial charge in [-0.1, -0.05) is 11.6 Å². The van der Waals surface area contributed by atoms with Crippen LogP contribution >= 0.6 is 22.9 Å². The van der Waals surface area contributed by atoms with Crippen LogP contribution in [0.5, 0.6) is 0 Å². The molecule has 7 heteroatoms. The smallest absolute Gasteiger partial charge is 0.323 e. The molecule has 1 N–H and O–H groups in total. The molecule has 0 saturated heterocycles. The Balaban J connectivity index is 1.96. The van der Waals surface area contributed by atoms with Gasteiger partial charge in [0.25, 0.3) is 0 Å². The molecular formula is C13H9ClN5S+. The van der Waals surface area contributed by atoms with Gasteiger partial charge < -0.3 is 5.32 Å². The maximum absolute atomic E-state index is 6.11. The average Bonchev–Trinajstić information content (AvgIpc) is 2.97. The largest absolute Gasteiger partial charge is 0.382 e. The van der Waals surface area contributed by atoms with Crippen molar-refractivity contribution in [1.82, 2.24) is 15.0 Å². The Morgan fingerprint density at radius 1 is 1.40 bits per heavy atom. The van der Waals surface area contributed by atoms with Gasteiger partial charge in [-0.3, -0.25) is 4.98 Å². The van der Waals surface area contributed by atoms with Gasteiger partial charge in [0.15, 0.2) is 5.69 Å². The molecule has 0 aliphatic carbocycles. The first-order valence-corrected chi connectivity index (χ1v) is 7.03. The van der Waals surface area contributed by atoms with Crippen LogP contribution in [-0.2, 0) is 0 Å². The molecule has 3 heterocycles. The lowest BCUT2D eigenvalue weighted by Crippen LogP contribution is -2.03. The topological polar surface area (TPSA) is 64.8 Å². The molecule has 0 aliphatic rings. The first-order valence-electron chi connectivity index (χ1n) is 5.77. The summed E-state index contributed by atoms with van der Waals surface area (Å²) < 4.78 is 0. The van der Waals surface area contributed by atoms with Crippen molar-refractivity contribution in [2.75, 3.05) is 5.32 Å². The molecule has 98 valence electrons. The SMILES string of the molecule is Cc1ncccc1Nc1ncc(Cl)c(-c2csc#[n+]2)n1. The predicted octanol–water partition coefficient (Wildman–Crippen LogP) is 2.71. The number of rotatable bonds is 3. The number of aromatic nitrogens is 4. The number of nitrogens with zero attached hydrogens (tertiary/aromatic N) is 4. The fraction of sp³-hybridized carbons (Fsp3) is 0.0769. The summed E-state index contributed by atoms with van der Waals surface area (Å²) in [6.07, 6.45) is 3.29. The van der Waals surface area contributed by atoms with Crippen molar-refractivity contribution in [1.29, 1.82) is 0 Å². The fourth-order valence-electron chi connectivity index (χ4n) is 1.64. The predicted molar refractivity (Wildman–Crippen MR) is 77.0 cm³/mol. The molecule has 0 aromatic carbocycles. The second-order valence-electron chi connectivity index (χ2n) is 3.98. The zero-order chi connectivity index (χ0) is 13.9. The van der Waals surface area contributed by atoms with Crippen LogP contribution in [0.3, 0.4) is 0 Å². The number of pyridine rings is 1. The lowest BCUT2D eigenvalue weighted by molar-refractivity contribution is -0.275. The third-order valence-electron chi connectivity index (χ3n) is 2.63. The van der Waals surface area contributed by atoms with Crippen molar-refractivity contribution in [3.8, 4) is 11.4 Å². The lowest BCUT2D eigenvalue weighted by Gasteiger charge is -2.07. The highest BCUT2D eigenvalue weighted by Crippen LogP contribution is 2.24. The van der Waals surface area contributed by atoms with Crippen molar-refractivity contribution in [2.45, 2.75) is 6.92 Å². The molecular weight excluding hydrogens is 294 g/mol. The minimum Gasteiger partial charge on any atom is -0.323 e. The summed E-state index contributed by atoms with van der Waals surface area (Å²) >= 11 is 7.48. The van der Waals surface area contributed by atoms with E-state index in [0.29, 0.717) is 22.4 Å². The molecule has 0 radical (unpaired) electrons. The fourth-order valence-corrected chi connectivity index (χ4v) is 2.30. The highest BCUT2D eigenvalue weighted by atomic mass is 35.5. The van der Waals surface area contributed by atoms with Crippen LogP contribution in [0.1, 0.15) is 5.69 Å². The van der Waals surface area contributed by atoms with Gasteiger partial charge in [-0.15, -0.1) is 0 Å². The average molecular weight is 303 g/mol. The quantitative estimate of drug-likeness (QED) is 0.806. The summed E-state index contributed by atoms with van der Waals surface area (Å²) in [7, 11) is 0. The Hall–Kier alpha value is -2.23. The summed E-state index contributed by atoms with van der Waals surface area (Å²) in [4.78, 5) is 16.9. The maximum atomic E-state index is 6.11. The molecule has 3 aromatic heterocycles. The van der Waals surface area contributed by atoms with Crippen molar-refractivity contribution in [2.24, 2.45) is 0 Å². The van der Waals surface area contributed by atoms with Gasteiger partial charge in [0.1, 0.15) is 0 Å². The van der Waals surface area contributed by atoms with Crippen LogP contribution in [0, 0.1) is 12.4 Å². The van der Waals surface area contributed by atoms with Crippen LogP contribution < -0.4 is 10.3 Å². The lowest BCUT2D eigenvalue weighted by atomic mass is 10.3. The van der Waals surface area contributed by atoms with E-state index in [1.165, 1.54) is 11.3 Å². The molecule has 5 nitrogen and oxygen atoms in total. The van der Waals surface area contributed by atoms with E-state index in [0.717, 1.165) is 11.4 Å². The van der Waals surface area contributed by atoms with Crippen LogP contribution in [0.25, 0.3) is 11.4 Å². The van der Waals surface area contributed by atoms with E-state index in [4.69, 9.17) is 11.6 Å². The molecule has 0 aliphatic heterocycles. The Morgan fingerprint density at radius 3 is 3.05 bits per heavy atom. The summed E-state index contributed by atoms with van der Waals surface area (Å²) in [5.41, 5.74) is 5.77. The number of hydrogen-bond donors (Lipinski definition) is 1. The molecule has 0 unspecified atom stereocenters. The van der Waals surface area contributed by atoms with Gasteiger partial charge in [0, 0.05) is 6.20 Å². The van der Waals surface area contributed by atoms with Crippen LogP contribution in [0.4, 0.5) is 11.6 Å². The monoisotopic (exact) mass is 302 g/mol. The van der Waals surface area contributed by atoms with Gasteiger partial charge in [-0.2, -0.15) is 0 Å². The molecule has 3 aromatic rings. The number of halogens is 1. The third-order valence-corrected chi connectivity index (χ3v) is 3.44. The molecule has 20 heavy (non-hydrogen) atoms. The van der Waals surface area contributed by atoms with Crippen molar-refractivity contribution in [3.63, 3.8) is 0 Å². The Bertz CT molecular complexity index is 729. The maximum Gasteiger partial charge on any atom is 0.382 e. The zero-order valence-corrected chi connectivity index (χ0v) is 12.0. The number of hydrogen-bond acceptors (Lipinski definition) is 5. The van der Waals surface area contributed by atoms with Gasteiger partial charge >= 0.3 is 11.2 Å². The van der Waals surface area contributed by atoms with Crippen molar-refractivity contribution >= 4 is 34.6 Å². The van der Waals surface area contributed by atoms with Crippen LogP contribution in [0.15, 0.2) is 29.9 Å². The molecule has 0 amide bonds. The van der Waals surface area contributed by atoms with Crippen molar-refractivity contribution < 1.29 is 4.98 Å². The second kappa shape index (κ2) is 5.41. The molecule has 0 saturated carbocycles. The standard InChI is InChI=1S/C13H9ClN5S/c1-8-10(3-2-4-15-8)18-13-16-5-9(14)12(19-13)11-6-20-7-17-11/h2-6H,1H3,(H,16,18,19)/q+1. The molecule has 3 rings (SSSR count).